The molecule has 2 heterocycles. The third kappa shape index (κ3) is 3.48. The number of nitrogens with one attached hydrogen (secondary N) is 1. The van der Waals surface area contributed by atoms with Crippen LogP contribution in [0, 0.1) is 6.92 Å². The van der Waals surface area contributed by atoms with Gasteiger partial charge in [0.25, 0.3) is 0 Å². The first-order valence-corrected chi connectivity index (χ1v) is 8.97. The van der Waals surface area contributed by atoms with Gasteiger partial charge in [0.05, 0.1) is 6.10 Å². The molecular formula is C21H21NO5. The molecule has 0 saturated carbocycles. The van der Waals surface area contributed by atoms with E-state index >= 15 is 0 Å². The van der Waals surface area contributed by atoms with Crippen molar-refractivity contribution in [1.29, 1.82) is 0 Å². The SMILES string of the molecule is Cc1c(C(=O)O)oc2ccc(NCCCC3OCOc4ccccc43)cc12. The number of anilines is 1. The molecule has 0 amide bonds. The van der Waals surface area contributed by atoms with Crippen molar-refractivity contribution in [2.45, 2.75) is 25.9 Å². The number of rotatable bonds is 6. The molecule has 1 aromatic heterocycles. The lowest BCUT2D eigenvalue weighted by atomic mass is 10.0. The lowest BCUT2D eigenvalue weighted by Gasteiger charge is -2.26. The molecule has 140 valence electrons. The number of fused-ring (bicyclic) bond motifs is 2. The second-order valence-electron chi connectivity index (χ2n) is 6.60. The van der Waals surface area contributed by atoms with Crippen LogP contribution in [0.2, 0.25) is 0 Å². The average Bonchev–Trinajstić information content (AvgIpc) is 3.02. The summed E-state index contributed by atoms with van der Waals surface area (Å²) in [5.74, 6) is -0.149. The second-order valence-corrected chi connectivity index (χ2v) is 6.60. The maximum Gasteiger partial charge on any atom is 0.372 e. The Morgan fingerprint density at radius 3 is 2.96 bits per heavy atom. The normalized spacial score (nSPS) is 16.0. The summed E-state index contributed by atoms with van der Waals surface area (Å²) in [6.07, 6.45) is 1.87. The van der Waals surface area contributed by atoms with Gasteiger partial charge in [-0.3, -0.25) is 0 Å². The summed E-state index contributed by atoms with van der Waals surface area (Å²) in [4.78, 5) is 11.2. The summed E-state index contributed by atoms with van der Waals surface area (Å²) < 4.78 is 16.6. The second kappa shape index (κ2) is 7.32. The Bertz CT molecular complexity index is 978. The quantitative estimate of drug-likeness (QED) is 0.613. The van der Waals surface area contributed by atoms with E-state index in [1.807, 2.05) is 36.4 Å². The van der Waals surface area contributed by atoms with Gasteiger partial charge in [0.15, 0.2) is 6.79 Å². The zero-order valence-corrected chi connectivity index (χ0v) is 15.0. The Hall–Kier alpha value is -2.99. The van der Waals surface area contributed by atoms with Gasteiger partial charge in [0.1, 0.15) is 11.3 Å². The highest BCUT2D eigenvalue weighted by molar-refractivity contribution is 5.95. The highest BCUT2D eigenvalue weighted by Crippen LogP contribution is 2.34. The van der Waals surface area contributed by atoms with Crippen molar-refractivity contribution in [2.24, 2.45) is 0 Å². The first-order chi connectivity index (χ1) is 13.1. The maximum absolute atomic E-state index is 11.2. The van der Waals surface area contributed by atoms with Crippen molar-refractivity contribution in [3.05, 3.63) is 59.4 Å². The highest BCUT2D eigenvalue weighted by Gasteiger charge is 2.21. The third-order valence-electron chi connectivity index (χ3n) is 4.85. The van der Waals surface area contributed by atoms with E-state index in [4.69, 9.17) is 13.9 Å². The summed E-state index contributed by atoms with van der Waals surface area (Å²) in [6.45, 7) is 2.84. The number of aromatic carboxylic acids is 1. The minimum absolute atomic E-state index is 0.00233. The molecular weight excluding hydrogens is 346 g/mol. The number of hydrogen-bond donors (Lipinski definition) is 2. The third-order valence-corrected chi connectivity index (χ3v) is 4.85. The number of benzene rings is 2. The minimum Gasteiger partial charge on any atom is -0.475 e. The van der Waals surface area contributed by atoms with Gasteiger partial charge in [-0.25, -0.2) is 4.79 Å². The molecule has 0 saturated heterocycles. The molecule has 6 nitrogen and oxygen atoms in total. The molecule has 0 fully saturated rings. The summed E-state index contributed by atoms with van der Waals surface area (Å²) in [5.41, 5.74) is 3.27. The molecule has 1 aliphatic heterocycles. The molecule has 6 heteroatoms. The fourth-order valence-electron chi connectivity index (χ4n) is 3.44. The molecule has 0 spiro atoms. The Kier molecular flexibility index (Phi) is 4.73. The zero-order chi connectivity index (χ0) is 18.8. The van der Waals surface area contributed by atoms with E-state index in [1.54, 1.807) is 13.0 Å². The van der Waals surface area contributed by atoms with Gasteiger partial charge in [-0.15, -0.1) is 0 Å². The van der Waals surface area contributed by atoms with Crippen molar-refractivity contribution in [3.8, 4) is 5.75 Å². The standard InChI is InChI=1S/C21H21NO5/c1-13-16-11-14(8-9-19(16)27-20(13)21(23)24)22-10-4-7-18-15-5-2-3-6-17(15)25-12-26-18/h2-3,5-6,8-9,11,18,22H,4,7,10,12H2,1H3,(H,23,24). The maximum atomic E-state index is 11.2. The Morgan fingerprint density at radius 2 is 2.11 bits per heavy atom. The van der Waals surface area contributed by atoms with Crippen molar-refractivity contribution in [3.63, 3.8) is 0 Å². The van der Waals surface area contributed by atoms with Gasteiger partial charge in [-0.2, -0.15) is 0 Å². The van der Waals surface area contributed by atoms with Crippen molar-refractivity contribution in [2.75, 3.05) is 18.7 Å². The molecule has 4 rings (SSSR count). The average molecular weight is 367 g/mol. The Balaban J connectivity index is 1.37. The summed E-state index contributed by atoms with van der Waals surface area (Å²) in [7, 11) is 0. The van der Waals surface area contributed by atoms with Crippen LogP contribution in [-0.2, 0) is 4.74 Å². The monoisotopic (exact) mass is 367 g/mol. The highest BCUT2D eigenvalue weighted by atomic mass is 16.7. The molecule has 3 aromatic rings. The van der Waals surface area contributed by atoms with Crippen LogP contribution in [0.15, 0.2) is 46.9 Å². The largest absolute Gasteiger partial charge is 0.475 e. The summed E-state index contributed by atoms with van der Waals surface area (Å²) >= 11 is 0. The first-order valence-electron chi connectivity index (χ1n) is 8.97. The predicted molar refractivity (Wildman–Crippen MR) is 101 cm³/mol. The molecule has 27 heavy (non-hydrogen) atoms. The number of ether oxygens (including phenoxy) is 2. The van der Waals surface area contributed by atoms with Gasteiger partial charge < -0.3 is 24.3 Å². The molecule has 1 unspecified atom stereocenters. The number of para-hydroxylation sites is 1. The van der Waals surface area contributed by atoms with Gasteiger partial charge in [0, 0.05) is 28.7 Å². The number of carboxylic acid groups (broad SMARTS) is 1. The van der Waals surface area contributed by atoms with Crippen LogP contribution in [0.5, 0.6) is 5.75 Å². The lowest BCUT2D eigenvalue weighted by Crippen LogP contribution is -2.18. The molecule has 2 N–H and O–H groups in total. The Labute approximate surface area is 156 Å². The van der Waals surface area contributed by atoms with E-state index in [0.29, 0.717) is 11.1 Å². The topological polar surface area (TPSA) is 80.9 Å². The predicted octanol–water partition coefficient (Wildman–Crippen LogP) is 4.74. The minimum atomic E-state index is -1.05. The van der Waals surface area contributed by atoms with E-state index in [9.17, 15) is 9.90 Å². The van der Waals surface area contributed by atoms with E-state index in [2.05, 4.69) is 5.32 Å². The summed E-state index contributed by atoms with van der Waals surface area (Å²) in [5, 5.41) is 13.4. The lowest BCUT2D eigenvalue weighted by molar-refractivity contribution is -0.0629. The van der Waals surface area contributed by atoms with Crippen molar-refractivity contribution in [1.82, 2.24) is 0 Å². The van der Waals surface area contributed by atoms with E-state index in [-0.39, 0.29) is 18.7 Å². The van der Waals surface area contributed by atoms with Gasteiger partial charge >= 0.3 is 5.97 Å². The first kappa shape index (κ1) is 17.4. The molecule has 1 atom stereocenters. The molecule has 1 aliphatic rings. The molecule has 0 aliphatic carbocycles. The van der Waals surface area contributed by atoms with Crippen LogP contribution in [0.4, 0.5) is 5.69 Å². The fraction of sp³-hybridized carbons (Fsp3) is 0.286. The summed E-state index contributed by atoms with van der Waals surface area (Å²) in [6, 6.07) is 13.6. The van der Waals surface area contributed by atoms with E-state index in [0.717, 1.165) is 41.8 Å². The van der Waals surface area contributed by atoms with Crippen molar-refractivity contribution >= 4 is 22.6 Å². The van der Waals surface area contributed by atoms with E-state index < -0.39 is 5.97 Å². The van der Waals surface area contributed by atoms with Crippen LogP contribution < -0.4 is 10.1 Å². The van der Waals surface area contributed by atoms with Crippen molar-refractivity contribution < 1.29 is 23.8 Å². The van der Waals surface area contributed by atoms with Crippen LogP contribution in [0.3, 0.4) is 0 Å². The molecule has 0 bridgehead atoms. The molecule has 0 radical (unpaired) electrons. The van der Waals surface area contributed by atoms with Crippen LogP contribution >= 0.6 is 0 Å². The Morgan fingerprint density at radius 1 is 1.26 bits per heavy atom. The zero-order valence-electron chi connectivity index (χ0n) is 15.0. The number of carbonyl (C=O) groups is 1. The van der Waals surface area contributed by atoms with Crippen LogP contribution in [0.1, 0.15) is 40.6 Å². The van der Waals surface area contributed by atoms with Crippen LogP contribution in [0.25, 0.3) is 11.0 Å². The van der Waals surface area contributed by atoms with Gasteiger partial charge in [-0.05, 0) is 44.0 Å². The van der Waals surface area contributed by atoms with Gasteiger partial charge in [-0.1, -0.05) is 18.2 Å². The van der Waals surface area contributed by atoms with Gasteiger partial charge in [0.2, 0.25) is 5.76 Å². The smallest absolute Gasteiger partial charge is 0.372 e. The number of aryl methyl sites for hydroxylation is 1. The fourth-order valence-corrected chi connectivity index (χ4v) is 3.44. The number of hydrogen-bond acceptors (Lipinski definition) is 5. The number of carboxylic acids is 1. The molecule has 2 aromatic carbocycles. The number of furan rings is 1. The van der Waals surface area contributed by atoms with Crippen LogP contribution in [-0.4, -0.2) is 24.4 Å². The van der Waals surface area contributed by atoms with E-state index in [1.165, 1.54) is 0 Å².